The van der Waals surface area contributed by atoms with E-state index in [1.165, 1.54) is 61.7 Å². The van der Waals surface area contributed by atoms with Crippen molar-refractivity contribution in [1.82, 2.24) is 15.1 Å². The van der Waals surface area contributed by atoms with Crippen LogP contribution >= 0.6 is 11.8 Å². The standard InChI is InChI=1S/C47H61N5O3S/c1-9-29-49(42(53)27-30-52-43(54)32-39(56-8)45(52)55)31-28-48-44-33(23-25-40-46(4,5)35-19-12-14-21-37(35)50(40)10-2)17-16-18-34(44)24-26-41-47(6,7)36-20-13-15-22-38(36)51(41)11-3/h12-15,19-26,39H,9-11,16-18,27-32H2,1-8H3/p+1/b33-23+,40-25+. The molecule has 3 heterocycles. The number of hydrogen-bond acceptors (Lipinski definition) is 6. The van der Waals surface area contributed by atoms with E-state index in [0.717, 1.165) is 44.5 Å². The molecule has 1 fully saturated rings. The molecule has 4 aliphatic rings. The van der Waals surface area contributed by atoms with Crippen molar-refractivity contribution in [3.63, 3.8) is 0 Å². The van der Waals surface area contributed by atoms with Gasteiger partial charge in [0.25, 0.3) is 0 Å². The maximum absolute atomic E-state index is 13.6. The molecule has 1 saturated heterocycles. The van der Waals surface area contributed by atoms with Crippen LogP contribution in [0.1, 0.15) is 98.1 Å². The monoisotopic (exact) mass is 776 g/mol. The number of nitrogens with zero attached hydrogens (tertiary/aromatic N) is 4. The van der Waals surface area contributed by atoms with Crippen LogP contribution in [0.3, 0.4) is 0 Å². The normalized spacial score (nSPS) is 21.6. The van der Waals surface area contributed by atoms with Gasteiger partial charge in [0.05, 0.1) is 10.7 Å². The molecule has 6 rings (SSSR count). The lowest BCUT2D eigenvalue weighted by molar-refractivity contribution is -0.433. The molecule has 56 heavy (non-hydrogen) atoms. The lowest BCUT2D eigenvalue weighted by atomic mass is 9.81. The number of allylic oxidation sites excluding steroid dienone is 7. The smallest absolute Gasteiger partial charge is 0.242 e. The first-order valence-electron chi connectivity index (χ1n) is 20.7. The highest BCUT2D eigenvalue weighted by molar-refractivity contribution is 8.00. The topological polar surface area (TPSA) is 76.0 Å². The molecule has 0 spiro atoms. The summed E-state index contributed by atoms with van der Waals surface area (Å²) in [6, 6.07) is 17.5. The van der Waals surface area contributed by atoms with Crippen LogP contribution in [-0.4, -0.2) is 88.6 Å². The number of imide groups is 1. The lowest BCUT2D eigenvalue weighted by Gasteiger charge is -2.28. The van der Waals surface area contributed by atoms with Crippen molar-refractivity contribution in [3.05, 3.63) is 107 Å². The van der Waals surface area contributed by atoms with Gasteiger partial charge in [0, 0.05) is 85.8 Å². The molecule has 9 heteroatoms. The molecule has 0 aromatic heterocycles. The number of likely N-dealkylation sites (N-methyl/N-ethyl adjacent to an activating group) is 1. The number of likely N-dealkylation sites (tertiary alicyclic amines) is 1. The van der Waals surface area contributed by atoms with Crippen LogP contribution in [0.4, 0.5) is 11.4 Å². The minimum Gasteiger partial charge on any atom is -0.383 e. The van der Waals surface area contributed by atoms with E-state index in [1.807, 2.05) is 11.2 Å². The molecule has 3 aliphatic heterocycles. The number of amides is 3. The van der Waals surface area contributed by atoms with Crippen LogP contribution in [0.2, 0.25) is 0 Å². The SMILES string of the molecule is CCCN(CCNC1=C(/C=C/C2=[N+](CC)c3ccccc3C2(C)C)CCC/C1=C\C=C1\N(CC)c2ccccc2C1(C)C)C(=O)CCN1C(=O)CC(SC)C1=O. The van der Waals surface area contributed by atoms with Gasteiger partial charge in [0.15, 0.2) is 5.71 Å². The quantitative estimate of drug-likeness (QED) is 0.145. The molecule has 1 N–H and O–H groups in total. The number of anilines is 1. The number of benzene rings is 2. The van der Waals surface area contributed by atoms with Gasteiger partial charge in [-0.25, -0.2) is 0 Å². The largest absolute Gasteiger partial charge is 0.383 e. The first-order chi connectivity index (χ1) is 26.9. The maximum atomic E-state index is 13.6. The van der Waals surface area contributed by atoms with Gasteiger partial charge in [-0.1, -0.05) is 69.3 Å². The number of thioether (sulfide) groups is 1. The Morgan fingerprint density at radius 2 is 1.66 bits per heavy atom. The minimum absolute atomic E-state index is 0.0260. The Bertz CT molecular complexity index is 2000. The van der Waals surface area contributed by atoms with Gasteiger partial charge < -0.3 is 15.1 Å². The van der Waals surface area contributed by atoms with Crippen LogP contribution in [0, 0.1) is 0 Å². The zero-order chi connectivity index (χ0) is 40.2. The van der Waals surface area contributed by atoms with E-state index < -0.39 is 0 Å². The third-order valence-electron chi connectivity index (χ3n) is 12.2. The molecule has 3 amide bonds. The number of para-hydroxylation sites is 2. The summed E-state index contributed by atoms with van der Waals surface area (Å²) in [6.45, 7) is 19.5. The highest BCUT2D eigenvalue weighted by Gasteiger charge is 2.44. The number of rotatable bonds is 15. The highest BCUT2D eigenvalue weighted by Crippen LogP contribution is 2.47. The molecule has 1 aliphatic carbocycles. The summed E-state index contributed by atoms with van der Waals surface area (Å²) in [6.07, 6.45) is 15.4. The second-order valence-corrected chi connectivity index (χ2v) is 17.4. The lowest BCUT2D eigenvalue weighted by Crippen LogP contribution is -2.40. The van der Waals surface area contributed by atoms with E-state index in [4.69, 9.17) is 0 Å². The molecular weight excluding hydrogens is 715 g/mol. The Labute approximate surface area is 339 Å². The number of carbonyl (C=O) groups excluding carboxylic acids is 3. The molecule has 0 bridgehead atoms. The number of fused-ring (bicyclic) bond motifs is 2. The zero-order valence-corrected chi connectivity index (χ0v) is 35.7. The van der Waals surface area contributed by atoms with Crippen LogP contribution in [0.25, 0.3) is 0 Å². The number of nitrogens with one attached hydrogen (secondary N) is 1. The zero-order valence-electron chi connectivity index (χ0n) is 34.9. The summed E-state index contributed by atoms with van der Waals surface area (Å²) >= 11 is 1.40. The van der Waals surface area contributed by atoms with Crippen molar-refractivity contribution in [1.29, 1.82) is 0 Å². The van der Waals surface area contributed by atoms with E-state index in [1.54, 1.807) is 0 Å². The fourth-order valence-corrected chi connectivity index (χ4v) is 9.83. The Kier molecular flexibility index (Phi) is 12.8. The Hall–Kier alpha value is -4.37. The van der Waals surface area contributed by atoms with Crippen molar-refractivity contribution in [3.8, 4) is 0 Å². The summed E-state index contributed by atoms with van der Waals surface area (Å²) in [7, 11) is 0. The molecular formula is C47H62N5O3S+. The average molecular weight is 777 g/mol. The first-order valence-corrected chi connectivity index (χ1v) is 22.0. The van der Waals surface area contributed by atoms with Crippen molar-refractivity contribution < 1.29 is 19.0 Å². The van der Waals surface area contributed by atoms with Crippen LogP contribution in [0.15, 0.2) is 95.4 Å². The Balaban J connectivity index is 1.29. The van der Waals surface area contributed by atoms with Crippen molar-refractivity contribution in [2.24, 2.45) is 0 Å². The van der Waals surface area contributed by atoms with Gasteiger partial charge in [-0.2, -0.15) is 16.3 Å². The minimum atomic E-state index is -0.336. The summed E-state index contributed by atoms with van der Waals surface area (Å²) in [5, 5.41) is 3.51. The van der Waals surface area contributed by atoms with E-state index >= 15 is 0 Å². The number of hydrogen-bond donors (Lipinski definition) is 1. The van der Waals surface area contributed by atoms with E-state index in [9.17, 15) is 14.4 Å². The summed E-state index contributed by atoms with van der Waals surface area (Å²) in [4.78, 5) is 44.4. The van der Waals surface area contributed by atoms with Gasteiger partial charge in [-0.15, -0.1) is 0 Å². The molecule has 0 saturated carbocycles. The molecule has 0 radical (unpaired) electrons. The fraction of sp³-hybridized carbons (Fsp3) is 0.489. The predicted molar refractivity (Wildman–Crippen MR) is 232 cm³/mol. The van der Waals surface area contributed by atoms with Crippen LogP contribution in [0.5, 0.6) is 0 Å². The van der Waals surface area contributed by atoms with Crippen LogP contribution < -0.4 is 10.2 Å². The third kappa shape index (κ3) is 7.93. The number of carbonyl (C=O) groups is 3. The fourth-order valence-electron chi connectivity index (χ4n) is 9.19. The second-order valence-electron chi connectivity index (χ2n) is 16.4. The maximum Gasteiger partial charge on any atom is 0.242 e. The van der Waals surface area contributed by atoms with Crippen LogP contribution in [-0.2, 0) is 25.2 Å². The van der Waals surface area contributed by atoms with E-state index in [0.29, 0.717) is 19.6 Å². The Morgan fingerprint density at radius 3 is 2.36 bits per heavy atom. The van der Waals surface area contributed by atoms with Gasteiger partial charge in [-0.3, -0.25) is 19.3 Å². The van der Waals surface area contributed by atoms with Crippen molar-refractivity contribution in [2.45, 2.75) is 103 Å². The van der Waals surface area contributed by atoms with E-state index in [-0.39, 0.29) is 53.2 Å². The highest BCUT2D eigenvalue weighted by atomic mass is 32.2. The summed E-state index contributed by atoms with van der Waals surface area (Å²) in [5.41, 5.74) is 11.3. The molecule has 2 aromatic carbocycles. The van der Waals surface area contributed by atoms with E-state index in [2.05, 4.69) is 136 Å². The van der Waals surface area contributed by atoms with Crippen molar-refractivity contribution in [2.75, 3.05) is 50.4 Å². The Morgan fingerprint density at radius 1 is 0.929 bits per heavy atom. The molecule has 2 aromatic rings. The average Bonchev–Trinajstić information content (AvgIpc) is 3.69. The van der Waals surface area contributed by atoms with Gasteiger partial charge >= 0.3 is 0 Å². The summed E-state index contributed by atoms with van der Waals surface area (Å²) in [5.74, 6) is -0.376. The van der Waals surface area contributed by atoms with Gasteiger partial charge in [-0.05, 0) is 88.5 Å². The van der Waals surface area contributed by atoms with Gasteiger partial charge in [0.1, 0.15) is 6.54 Å². The predicted octanol–water partition coefficient (Wildman–Crippen LogP) is 8.41. The molecule has 1 atom stereocenters. The van der Waals surface area contributed by atoms with Crippen molar-refractivity contribution >= 4 is 46.6 Å². The summed E-state index contributed by atoms with van der Waals surface area (Å²) < 4.78 is 2.45. The third-order valence-corrected chi connectivity index (χ3v) is 13.2. The second kappa shape index (κ2) is 17.4. The van der Waals surface area contributed by atoms with Gasteiger partial charge in [0.2, 0.25) is 23.4 Å². The molecule has 298 valence electrons. The molecule has 1 unspecified atom stereocenters. The molecule has 8 nitrogen and oxygen atoms in total. The first kappa shape index (κ1) is 41.3.